The zero-order valence-corrected chi connectivity index (χ0v) is 25.4. The molecule has 0 spiro atoms. The fourth-order valence-electron chi connectivity index (χ4n) is 5.15. The minimum absolute atomic E-state index is 0.109. The molecule has 0 aliphatic carbocycles. The Hall–Kier alpha value is -3.85. The first-order chi connectivity index (χ1) is 19.7. The second-order valence-corrected chi connectivity index (χ2v) is 11.6. The summed E-state index contributed by atoms with van der Waals surface area (Å²) in [5.41, 5.74) is 6.80. The Morgan fingerprint density at radius 2 is 1.05 bits per heavy atom. The maximum absolute atomic E-state index is 12.6. The number of hydrogen-bond donors (Lipinski definition) is 0. The van der Waals surface area contributed by atoms with Gasteiger partial charge in [-0.1, -0.05) is 131 Å². The van der Waals surface area contributed by atoms with Crippen LogP contribution in [-0.4, -0.2) is 19.2 Å². The lowest BCUT2D eigenvalue weighted by molar-refractivity contribution is -0.154. The van der Waals surface area contributed by atoms with Crippen LogP contribution in [0.25, 0.3) is 0 Å². The molecule has 0 saturated heterocycles. The van der Waals surface area contributed by atoms with Crippen LogP contribution in [0.2, 0.25) is 0 Å². The monoisotopic (exact) mass is 548 g/mol. The van der Waals surface area contributed by atoms with E-state index in [2.05, 4.69) is 124 Å². The summed E-state index contributed by atoms with van der Waals surface area (Å²) in [6.07, 6.45) is 0.727. The highest BCUT2D eigenvalue weighted by molar-refractivity contribution is 5.75. The van der Waals surface area contributed by atoms with E-state index in [4.69, 9.17) is 9.47 Å². The first-order valence-corrected chi connectivity index (χ1v) is 14.9. The van der Waals surface area contributed by atoms with Gasteiger partial charge in [-0.25, -0.2) is 0 Å². The van der Waals surface area contributed by atoms with E-state index >= 15 is 0 Å². The third-order valence-corrected chi connectivity index (χ3v) is 8.50. The predicted molar refractivity (Wildman–Crippen MR) is 169 cm³/mol. The van der Waals surface area contributed by atoms with Gasteiger partial charge in [0, 0.05) is 28.9 Å². The SMILES string of the molecule is CCC(C)(C)C(=O)OCCOc1c(C(C)c2ccccc2)cc(C(C)c2ccccc2)cc1C(C)c1ccccc1. The number of ether oxygens (including phenoxy) is 2. The largest absolute Gasteiger partial charge is 0.489 e. The van der Waals surface area contributed by atoms with Gasteiger partial charge in [0.25, 0.3) is 0 Å². The summed E-state index contributed by atoms with van der Waals surface area (Å²) in [6.45, 7) is 13.1. The van der Waals surface area contributed by atoms with Gasteiger partial charge in [-0.3, -0.25) is 4.79 Å². The third kappa shape index (κ3) is 7.27. The summed E-state index contributed by atoms with van der Waals surface area (Å²) in [6, 6.07) is 36.5. The molecule has 214 valence electrons. The maximum atomic E-state index is 12.6. The van der Waals surface area contributed by atoms with E-state index in [1.807, 2.05) is 20.8 Å². The third-order valence-electron chi connectivity index (χ3n) is 8.50. The average molecular weight is 549 g/mol. The van der Waals surface area contributed by atoms with E-state index in [1.54, 1.807) is 0 Å². The van der Waals surface area contributed by atoms with Crippen molar-refractivity contribution >= 4 is 5.97 Å². The molecular weight excluding hydrogens is 504 g/mol. The van der Waals surface area contributed by atoms with Gasteiger partial charge in [0.15, 0.2) is 0 Å². The molecule has 3 atom stereocenters. The Balaban J connectivity index is 1.79. The highest BCUT2D eigenvalue weighted by Crippen LogP contribution is 2.42. The Morgan fingerprint density at radius 1 is 0.634 bits per heavy atom. The minimum Gasteiger partial charge on any atom is -0.489 e. The van der Waals surface area contributed by atoms with Crippen molar-refractivity contribution < 1.29 is 14.3 Å². The fraction of sp³-hybridized carbons (Fsp3) is 0.342. The number of carbonyl (C=O) groups is 1. The smallest absolute Gasteiger partial charge is 0.311 e. The molecule has 3 unspecified atom stereocenters. The summed E-state index contributed by atoms with van der Waals surface area (Å²) < 4.78 is 12.3. The molecule has 0 saturated carbocycles. The number of rotatable bonds is 12. The van der Waals surface area contributed by atoms with Gasteiger partial charge >= 0.3 is 5.97 Å². The van der Waals surface area contributed by atoms with Crippen molar-refractivity contribution in [2.75, 3.05) is 13.2 Å². The zero-order valence-electron chi connectivity index (χ0n) is 25.4. The van der Waals surface area contributed by atoms with Crippen molar-refractivity contribution in [3.8, 4) is 5.75 Å². The van der Waals surface area contributed by atoms with Crippen LogP contribution in [0.1, 0.15) is 99.1 Å². The van der Waals surface area contributed by atoms with Crippen molar-refractivity contribution in [3.05, 3.63) is 137 Å². The number of hydrogen-bond acceptors (Lipinski definition) is 3. The van der Waals surface area contributed by atoms with Gasteiger partial charge < -0.3 is 9.47 Å². The fourth-order valence-corrected chi connectivity index (χ4v) is 5.15. The van der Waals surface area contributed by atoms with Gasteiger partial charge in [0.1, 0.15) is 19.0 Å². The molecule has 0 N–H and O–H groups in total. The molecule has 0 radical (unpaired) electrons. The summed E-state index contributed by atoms with van der Waals surface area (Å²) in [5, 5.41) is 0. The van der Waals surface area contributed by atoms with Gasteiger partial charge in [-0.05, 0) is 42.5 Å². The normalized spacial score (nSPS) is 13.7. The van der Waals surface area contributed by atoms with E-state index in [0.29, 0.717) is 6.61 Å². The minimum atomic E-state index is -0.505. The Morgan fingerprint density at radius 3 is 1.46 bits per heavy atom. The van der Waals surface area contributed by atoms with E-state index in [0.717, 1.165) is 23.3 Å². The molecule has 4 aromatic rings. The summed E-state index contributed by atoms with van der Waals surface area (Å²) >= 11 is 0. The molecule has 0 aliphatic rings. The Kier molecular flexibility index (Phi) is 10.0. The first kappa shape index (κ1) is 30.1. The molecule has 0 heterocycles. The van der Waals surface area contributed by atoms with Crippen LogP contribution in [0.3, 0.4) is 0 Å². The Labute approximate surface area is 246 Å². The van der Waals surface area contributed by atoms with Gasteiger partial charge in [-0.15, -0.1) is 0 Å². The van der Waals surface area contributed by atoms with Crippen LogP contribution in [0.5, 0.6) is 5.75 Å². The van der Waals surface area contributed by atoms with Crippen molar-refractivity contribution in [3.63, 3.8) is 0 Å². The molecule has 3 heteroatoms. The van der Waals surface area contributed by atoms with Gasteiger partial charge in [0.05, 0.1) is 5.41 Å². The standard InChI is InChI=1S/C38H44O3/c1-7-38(5,6)37(39)41-24-23-40-36-34(28(3)31-19-13-9-14-20-31)25-33(27(2)30-17-11-8-12-18-30)26-35(36)29(4)32-21-15-10-16-22-32/h8-22,25-29H,7,23-24H2,1-6H3. The molecule has 41 heavy (non-hydrogen) atoms. The van der Waals surface area contributed by atoms with Gasteiger partial charge in [0.2, 0.25) is 0 Å². The van der Waals surface area contributed by atoms with Crippen LogP contribution in [-0.2, 0) is 9.53 Å². The molecule has 0 aliphatic heterocycles. The van der Waals surface area contributed by atoms with Crippen LogP contribution in [0, 0.1) is 5.41 Å². The van der Waals surface area contributed by atoms with Crippen LogP contribution >= 0.6 is 0 Å². The maximum Gasteiger partial charge on any atom is 0.311 e. The van der Waals surface area contributed by atoms with E-state index < -0.39 is 5.41 Å². The first-order valence-electron chi connectivity index (χ1n) is 14.9. The van der Waals surface area contributed by atoms with Gasteiger partial charge in [-0.2, -0.15) is 0 Å². The molecule has 0 bridgehead atoms. The number of carbonyl (C=O) groups excluding carboxylic acids is 1. The molecule has 3 nitrogen and oxygen atoms in total. The lowest BCUT2D eigenvalue weighted by Crippen LogP contribution is -2.27. The topological polar surface area (TPSA) is 35.5 Å². The number of benzene rings is 4. The molecule has 0 aromatic heterocycles. The summed E-state index contributed by atoms with van der Waals surface area (Å²) in [4.78, 5) is 12.6. The molecule has 4 rings (SSSR count). The predicted octanol–water partition coefficient (Wildman–Crippen LogP) is 9.50. The van der Waals surface area contributed by atoms with Crippen molar-refractivity contribution in [1.29, 1.82) is 0 Å². The van der Waals surface area contributed by atoms with E-state index in [-0.39, 0.29) is 30.3 Å². The molecule has 0 fully saturated rings. The summed E-state index contributed by atoms with van der Waals surface area (Å²) in [5.74, 6) is 1.12. The number of esters is 1. The molecular formula is C38H44O3. The van der Waals surface area contributed by atoms with E-state index in [9.17, 15) is 4.79 Å². The molecule has 4 aromatic carbocycles. The second kappa shape index (κ2) is 13.7. The highest BCUT2D eigenvalue weighted by atomic mass is 16.6. The van der Waals surface area contributed by atoms with Crippen LogP contribution < -0.4 is 4.74 Å². The van der Waals surface area contributed by atoms with Crippen molar-refractivity contribution in [1.82, 2.24) is 0 Å². The zero-order chi connectivity index (χ0) is 29.4. The average Bonchev–Trinajstić information content (AvgIpc) is 3.02. The van der Waals surface area contributed by atoms with Crippen molar-refractivity contribution in [2.24, 2.45) is 5.41 Å². The molecule has 0 amide bonds. The quantitative estimate of drug-likeness (QED) is 0.131. The van der Waals surface area contributed by atoms with Crippen LogP contribution in [0.15, 0.2) is 103 Å². The van der Waals surface area contributed by atoms with Crippen molar-refractivity contribution in [2.45, 2.75) is 65.7 Å². The lowest BCUT2D eigenvalue weighted by Gasteiger charge is -2.27. The lowest BCUT2D eigenvalue weighted by atomic mass is 9.81. The Bertz CT molecular complexity index is 1330. The highest BCUT2D eigenvalue weighted by Gasteiger charge is 2.28. The summed E-state index contributed by atoms with van der Waals surface area (Å²) in [7, 11) is 0. The van der Waals surface area contributed by atoms with E-state index in [1.165, 1.54) is 22.3 Å². The second-order valence-electron chi connectivity index (χ2n) is 11.6. The van der Waals surface area contributed by atoms with Crippen LogP contribution in [0.4, 0.5) is 0 Å².